The quantitative estimate of drug-likeness (QED) is 0.647. The fraction of sp³-hybridized carbons (Fsp3) is 0.680. The maximum atomic E-state index is 14.4. The molecule has 3 fully saturated rings. The summed E-state index contributed by atoms with van der Waals surface area (Å²) in [6.45, 7) is 5.32. The SMILES string of the molecule is CO[C@](C(=O)O[C@@H]1CC[C@@]2(O)[C@@H](C)CC[C@@H]3[C@@H](OC(=O)[C@@H]3C)[C@]12C)(c1ccccc1)C(F)(F)F. The van der Waals surface area contributed by atoms with E-state index in [1.165, 1.54) is 18.2 Å². The Labute approximate surface area is 196 Å². The molecule has 0 spiro atoms. The van der Waals surface area contributed by atoms with Gasteiger partial charge >= 0.3 is 18.1 Å². The van der Waals surface area contributed by atoms with E-state index in [9.17, 15) is 27.9 Å². The number of rotatable bonds is 4. The van der Waals surface area contributed by atoms with Crippen molar-refractivity contribution in [3.05, 3.63) is 35.9 Å². The number of halogens is 3. The number of esters is 2. The fourth-order valence-corrected chi connectivity index (χ4v) is 6.59. The first-order valence-electron chi connectivity index (χ1n) is 11.7. The summed E-state index contributed by atoms with van der Waals surface area (Å²) in [7, 11) is 0.818. The molecule has 0 radical (unpaired) electrons. The molecule has 1 N–H and O–H groups in total. The molecule has 2 saturated carbocycles. The normalized spacial score (nSPS) is 39.4. The second-order valence-electron chi connectivity index (χ2n) is 10.2. The van der Waals surface area contributed by atoms with Crippen LogP contribution in [0.3, 0.4) is 0 Å². The molecule has 0 aromatic heterocycles. The third kappa shape index (κ3) is 3.22. The van der Waals surface area contributed by atoms with Crippen molar-refractivity contribution in [2.24, 2.45) is 23.2 Å². The molecule has 1 heterocycles. The molecule has 8 atom stereocenters. The summed E-state index contributed by atoms with van der Waals surface area (Å²) in [5, 5.41) is 11.8. The molecule has 1 aromatic rings. The summed E-state index contributed by atoms with van der Waals surface area (Å²) in [5.74, 6) is -2.87. The van der Waals surface area contributed by atoms with Gasteiger partial charge < -0.3 is 19.3 Å². The third-order valence-corrected chi connectivity index (χ3v) is 8.80. The first-order chi connectivity index (χ1) is 15.8. The van der Waals surface area contributed by atoms with Crippen molar-refractivity contribution in [1.29, 1.82) is 0 Å². The molecule has 9 heteroatoms. The third-order valence-electron chi connectivity index (χ3n) is 8.80. The minimum atomic E-state index is -5.11. The van der Waals surface area contributed by atoms with Gasteiger partial charge in [-0.1, -0.05) is 44.2 Å². The highest BCUT2D eigenvalue weighted by Crippen LogP contribution is 2.61. The molecule has 1 aromatic carbocycles. The first-order valence-corrected chi connectivity index (χ1v) is 11.7. The van der Waals surface area contributed by atoms with Gasteiger partial charge in [0.25, 0.3) is 5.60 Å². The lowest BCUT2D eigenvalue weighted by atomic mass is 9.64. The van der Waals surface area contributed by atoms with Crippen LogP contribution < -0.4 is 0 Å². The van der Waals surface area contributed by atoms with Crippen molar-refractivity contribution >= 4 is 11.9 Å². The predicted molar refractivity (Wildman–Crippen MR) is 114 cm³/mol. The van der Waals surface area contributed by atoms with Crippen LogP contribution in [0, 0.1) is 23.2 Å². The van der Waals surface area contributed by atoms with Crippen LogP contribution in [-0.4, -0.2) is 48.1 Å². The van der Waals surface area contributed by atoms with Gasteiger partial charge in [-0.2, -0.15) is 13.2 Å². The molecule has 1 saturated heterocycles. The monoisotopic (exact) mass is 484 g/mol. The summed E-state index contributed by atoms with van der Waals surface area (Å²) < 4.78 is 59.4. The largest absolute Gasteiger partial charge is 0.461 e. The Morgan fingerprint density at radius 2 is 1.79 bits per heavy atom. The summed E-state index contributed by atoms with van der Waals surface area (Å²) >= 11 is 0. The van der Waals surface area contributed by atoms with Gasteiger partial charge in [0.2, 0.25) is 0 Å². The van der Waals surface area contributed by atoms with Gasteiger partial charge in [-0.3, -0.25) is 4.79 Å². The summed E-state index contributed by atoms with van der Waals surface area (Å²) in [5.41, 5.74) is -6.38. The predicted octanol–water partition coefficient (Wildman–Crippen LogP) is 4.14. The Hall–Kier alpha value is -2.13. The Morgan fingerprint density at radius 3 is 2.38 bits per heavy atom. The minimum absolute atomic E-state index is 0.144. The molecular formula is C25H31F3O6. The van der Waals surface area contributed by atoms with E-state index in [-0.39, 0.29) is 24.7 Å². The Balaban J connectivity index is 1.76. The molecule has 0 bridgehead atoms. The number of ether oxygens (including phenoxy) is 3. The van der Waals surface area contributed by atoms with Gasteiger partial charge in [0, 0.05) is 18.6 Å². The average Bonchev–Trinajstić information content (AvgIpc) is 3.19. The Kier molecular flexibility index (Phi) is 6.04. The topological polar surface area (TPSA) is 82.1 Å². The molecule has 4 rings (SSSR count). The number of alkyl halides is 3. The Morgan fingerprint density at radius 1 is 1.15 bits per heavy atom. The van der Waals surface area contributed by atoms with Gasteiger partial charge in [0.15, 0.2) is 0 Å². The van der Waals surface area contributed by atoms with Gasteiger partial charge in [-0.05, 0) is 38.5 Å². The van der Waals surface area contributed by atoms with E-state index in [0.717, 1.165) is 19.2 Å². The molecule has 0 amide bonds. The van der Waals surface area contributed by atoms with Gasteiger partial charge in [0.1, 0.15) is 12.2 Å². The van der Waals surface area contributed by atoms with Crippen LogP contribution in [0.25, 0.3) is 0 Å². The zero-order valence-electron chi connectivity index (χ0n) is 19.7. The van der Waals surface area contributed by atoms with E-state index in [4.69, 9.17) is 14.2 Å². The molecule has 188 valence electrons. The van der Waals surface area contributed by atoms with Crippen LogP contribution in [0.2, 0.25) is 0 Å². The number of hydrogen-bond acceptors (Lipinski definition) is 6. The minimum Gasteiger partial charge on any atom is -0.461 e. The number of fused-ring (bicyclic) bond motifs is 3. The second-order valence-corrected chi connectivity index (χ2v) is 10.2. The van der Waals surface area contributed by atoms with Crippen molar-refractivity contribution in [2.75, 3.05) is 7.11 Å². The van der Waals surface area contributed by atoms with Crippen molar-refractivity contribution in [2.45, 2.75) is 76.0 Å². The van der Waals surface area contributed by atoms with E-state index < -0.39 is 58.4 Å². The average molecular weight is 485 g/mol. The van der Waals surface area contributed by atoms with Gasteiger partial charge in [-0.25, -0.2) is 4.79 Å². The smallest absolute Gasteiger partial charge is 0.432 e. The highest BCUT2D eigenvalue weighted by atomic mass is 19.4. The number of benzene rings is 1. The number of carbonyl (C=O) groups is 2. The number of methoxy groups -OCH3 is 1. The van der Waals surface area contributed by atoms with E-state index >= 15 is 0 Å². The van der Waals surface area contributed by atoms with Crippen LogP contribution in [-0.2, 0) is 29.4 Å². The Bertz CT molecular complexity index is 952. The molecule has 3 aliphatic rings. The highest BCUT2D eigenvalue weighted by molar-refractivity contribution is 5.83. The molecule has 6 nitrogen and oxygen atoms in total. The van der Waals surface area contributed by atoms with E-state index in [1.807, 2.05) is 6.92 Å². The maximum absolute atomic E-state index is 14.4. The first kappa shape index (κ1) is 25.0. The molecule has 1 aliphatic heterocycles. The highest BCUT2D eigenvalue weighted by Gasteiger charge is 2.71. The van der Waals surface area contributed by atoms with Crippen LogP contribution in [0.4, 0.5) is 13.2 Å². The molecule has 2 aliphatic carbocycles. The molecular weight excluding hydrogens is 453 g/mol. The summed E-state index contributed by atoms with van der Waals surface area (Å²) in [6, 6.07) is 6.63. The van der Waals surface area contributed by atoms with Crippen LogP contribution in [0.5, 0.6) is 0 Å². The van der Waals surface area contributed by atoms with E-state index in [1.54, 1.807) is 13.8 Å². The second kappa shape index (κ2) is 8.22. The van der Waals surface area contributed by atoms with Gasteiger partial charge in [-0.15, -0.1) is 0 Å². The fourth-order valence-electron chi connectivity index (χ4n) is 6.59. The van der Waals surface area contributed by atoms with Crippen molar-refractivity contribution in [3.8, 4) is 0 Å². The number of hydrogen-bond donors (Lipinski definition) is 1. The van der Waals surface area contributed by atoms with Crippen LogP contribution >= 0.6 is 0 Å². The lowest BCUT2D eigenvalue weighted by molar-refractivity contribution is -0.282. The van der Waals surface area contributed by atoms with E-state index in [0.29, 0.717) is 12.8 Å². The zero-order valence-corrected chi connectivity index (χ0v) is 19.7. The van der Waals surface area contributed by atoms with Gasteiger partial charge in [0.05, 0.1) is 16.9 Å². The standard InChI is InChI=1S/C25H31F3O6/c1-14-10-11-17-15(2)20(29)34-19(17)22(3)18(12-13-23(14,22)31)33-21(30)24(32-4,25(26,27)28)16-8-6-5-7-9-16/h5-9,14-15,17-19,31H,10-13H2,1-4H3/t14-,15+,17-,18+,19+,22-,23+,24-/m0/s1. The number of aliphatic hydroxyl groups is 1. The molecule has 0 unspecified atom stereocenters. The zero-order chi connectivity index (χ0) is 25.1. The molecule has 34 heavy (non-hydrogen) atoms. The van der Waals surface area contributed by atoms with Crippen molar-refractivity contribution in [1.82, 2.24) is 0 Å². The van der Waals surface area contributed by atoms with Crippen molar-refractivity contribution in [3.63, 3.8) is 0 Å². The van der Waals surface area contributed by atoms with E-state index in [2.05, 4.69) is 0 Å². The summed E-state index contributed by atoms with van der Waals surface area (Å²) in [6.07, 6.45) is -5.36. The number of carbonyl (C=O) groups excluding carboxylic acids is 2. The van der Waals surface area contributed by atoms with Crippen LogP contribution in [0.15, 0.2) is 30.3 Å². The summed E-state index contributed by atoms with van der Waals surface area (Å²) in [4.78, 5) is 25.8. The lowest BCUT2D eigenvalue weighted by Gasteiger charge is -2.48. The van der Waals surface area contributed by atoms with Crippen molar-refractivity contribution < 1.29 is 42.1 Å². The maximum Gasteiger partial charge on any atom is 0.432 e. The van der Waals surface area contributed by atoms with Crippen LogP contribution in [0.1, 0.15) is 52.0 Å². The lowest BCUT2D eigenvalue weighted by Crippen LogP contribution is -2.60.